The lowest BCUT2D eigenvalue weighted by atomic mass is 10.1. The van der Waals surface area contributed by atoms with Crippen molar-refractivity contribution in [1.82, 2.24) is 10.3 Å². The van der Waals surface area contributed by atoms with Crippen LogP contribution < -0.4 is 5.32 Å². The first kappa shape index (κ1) is 10.5. The van der Waals surface area contributed by atoms with Crippen LogP contribution in [0.15, 0.2) is 24.3 Å². The van der Waals surface area contributed by atoms with Crippen LogP contribution in [0.2, 0.25) is 0 Å². The zero-order valence-corrected chi connectivity index (χ0v) is 9.04. The van der Waals surface area contributed by atoms with E-state index >= 15 is 0 Å². The van der Waals surface area contributed by atoms with Gasteiger partial charge in [0.2, 0.25) is 0 Å². The number of pyridine rings is 1. The van der Waals surface area contributed by atoms with Crippen LogP contribution in [0.25, 0.3) is 10.9 Å². The van der Waals surface area contributed by atoms with Gasteiger partial charge in [0.25, 0.3) is 5.91 Å². The lowest BCUT2D eigenvalue weighted by Gasteiger charge is -2.06. The fourth-order valence-corrected chi connectivity index (χ4v) is 1.60. The molecule has 0 saturated heterocycles. The summed E-state index contributed by atoms with van der Waals surface area (Å²) >= 11 is 0. The standard InChI is InChI=1S/C12H11FN2O/c1-7-10(12(16)14-2)5-8-3-4-9(13)6-11(8)15-7/h3-6H,1-2H3,(H,14,16). The molecule has 0 unspecified atom stereocenters. The molecule has 0 bridgehead atoms. The summed E-state index contributed by atoms with van der Waals surface area (Å²) in [5.41, 5.74) is 1.67. The monoisotopic (exact) mass is 218 g/mol. The number of carbonyl (C=O) groups is 1. The summed E-state index contributed by atoms with van der Waals surface area (Å²) in [4.78, 5) is 15.7. The Morgan fingerprint density at radius 2 is 2.12 bits per heavy atom. The van der Waals surface area contributed by atoms with Gasteiger partial charge >= 0.3 is 0 Å². The highest BCUT2D eigenvalue weighted by molar-refractivity contribution is 5.98. The molecule has 16 heavy (non-hydrogen) atoms. The van der Waals surface area contributed by atoms with Crippen molar-refractivity contribution in [3.63, 3.8) is 0 Å². The number of fused-ring (bicyclic) bond motifs is 1. The van der Waals surface area contributed by atoms with Gasteiger partial charge in [-0.25, -0.2) is 4.39 Å². The van der Waals surface area contributed by atoms with E-state index in [0.29, 0.717) is 16.8 Å². The van der Waals surface area contributed by atoms with E-state index in [4.69, 9.17) is 0 Å². The van der Waals surface area contributed by atoms with Crippen LogP contribution in [0.1, 0.15) is 16.1 Å². The van der Waals surface area contributed by atoms with Gasteiger partial charge in [-0.1, -0.05) is 0 Å². The molecule has 0 spiro atoms. The number of aryl methyl sites for hydroxylation is 1. The molecule has 82 valence electrons. The molecule has 1 N–H and O–H groups in total. The minimum absolute atomic E-state index is 0.184. The summed E-state index contributed by atoms with van der Waals surface area (Å²) in [6, 6.07) is 6.04. The summed E-state index contributed by atoms with van der Waals surface area (Å²) in [7, 11) is 1.57. The molecule has 1 aromatic carbocycles. The lowest BCUT2D eigenvalue weighted by Crippen LogP contribution is -2.19. The van der Waals surface area contributed by atoms with Crippen molar-refractivity contribution >= 4 is 16.8 Å². The van der Waals surface area contributed by atoms with E-state index in [2.05, 4.69) is 10.3 Å². The van der Waals surface area contributed by atoms with Crippen molar-refractivity contribution in [3.05, 3.63) is 41.3 Å². The zero-order chi connectivity index (χ0) is 11.7. The van der Waals surface area contributed by atoms with E-state index < -0.39 is 0 Å². The Morgan fingerprint density at radius 3 is 2.81 bits per heavy atom. The second-order valence-electron chi connectivity index (χ2n) is 3.54. The maximum Gasteiger partial charge on any atom is 0.252 e. The third-order valence-corrected chi connectivity index (χ3v) is 2.44. The SMILES string of the molecule is CNC(=O)c1cc2ccc(F)cc2nc1C. The number of rotatable bonds is 1. The van der Waals surface area contributed by atoms with E-state index in [-0.39, 0.29) is 11.7 Å². The van der Waals surface area contributed by atoms with Crippen molar-refractivity contribution in [1.29, 1.82) is 0 Å². The van der Waals surface area contributed by atoms with Crippen LogP contribution in [0, 0.1) is 12.7 Å². The summed E-state index contributed by atoms with van der Waals surface area (Å²) in [5, 5.41) is 3.30. The van der Waals surface area contributed by atoms with Gasteiger partial charge in [-0.2, -0.15) is 0 Å². The number of halogens is 1. The normalized spacial score (nSPS) is 10.4. The van der Waals surface area contributed by atoms with Gasteiger partial charge in [0.15, 0.2) is 0 Å². The first-order valence-corrected chi connectivity index (χ1v) is 4.91. The van der Waals surface area contributed by atoms with Gasteiger partial charge in [0.05, 0.1) is 16.8 Å². The zero-order valence-electron chi connectivity index (χ0n) is 9.04. The Labute approximate surface area is 92.3 Å². The Bertz CT molecular complexity index is 566. The van der Waals surface area contributed by atoms with Crippen molar-refractivity contribution in [2.45, 2.75) is 6.92 Å². The summed E-state index contributed by atoms with van der Waals surface area (Å²) in [6.07, 6.45) is 0. The second kappa shape index (κ2) is 3.89. The topological polar surface area (TPSA) is 42.0 Å². The van der Waals surface area contributed by atoms with Gasteiger partial charge in [-0.05, 0) is 25.1 Å². The molecule has 0 saturated carbocycles. The summed E-state index contributed by atoms with van der Waals surface area (Å²) in [6.45, 7) is 1.73. The smallest absolute Gasteiger partial charge is 0.252 e. The van der Waals surface area contributed by atoms with Crippen molar-refractivity contribution in [3.8, 4) is 0 Å². The molecule has 0 aliphatic carbocycles. The maximum atomic E-state index is 13.0. The van der Waals surface area contributed by atoms with Crippen LogP contribution >= 0.6 is 0 Å². The number of aromatic nitrogens is 1. The molecule has 2 rings (SSSR count). The number of hydrogen-bond donors (Lipinski definition) is 1. The fourth-order valence-electron chi connectivity index (χ4n) is 1.60. The summed E-state index contributed by atoms with van der Waals surface area (Å²) < 4.78 is 13.0. The minimum atomic E-state index is -0.327. The Balaban J connectivity index is 2.67. The van der Waals surface area contributed by atoms with Crippen LogP contribution in [-0.4, -0.2) is 17.9 Å². The highest BCUT2D eigenvalue weighted by Crippen LogP contribution is 2.17. The predicted octanol–water partition coefficient (Wildman–Crippen LogP) is 2.04. The largest absolute Gasteiger partial charge is 0.355 e. The average molecular weight is 218 g/mol. The number of benzene rings is 1. The van der Waals surface area contributed by atoms with Crippen molar-refractivity contribution < 1.29 is 9.18 Å². The minimum Gasteiger partial charge on any atom is -0.355 e. The molecule has 0 atom stereocenters. The summed E-state index contributed by atoms with van der Waals surface area (Å²) in [5.74, 6) is -0.511. The lowest BCUT2D eigenvalue weighted by molar-refractivity contribution is 0.0962. The number of amides is 1. The maximum absolute atomic E-state index is 13.0. The number of hydrogen-bond acceptors (Lipinski definition) is 2. The van der Waals surface area contributed by atoms with Crippen LogP contribution in [0.4, 0.5) is 4.39 Å². The second-order valence-corrected chi connectivity index (χ2v) is 3.54. The van der Waals surface area contributed by atoms with Gasteiger partial charge in [0, 0.05) is 18.5 Å². The molecule has 0 fully saturated rings. The Hall–Kier alpha value is -1.97. The van der Waals surface area contributed by atoms with Crippen LogP contribution in [-0.2, 0) is 0 Å². The molecule has 0 aliphatic heterocycles. The number of carbonyl (C=O) groups excluding carboxylic acids is 1. The van der Waals surface area contributed by atoms with Gasteiger partial charge in [-0.3, -0.25) is 9.78 Å². The first-order chi connectivity index (χ1) is 7.61. The van der Waals surface area contributed by atoms with Crippen molar-refractivity contribution in [2.24, 2.45) is 0 Å². The molecule has 4 heteroatoms. The molecule has 1 aromatic heterocycles. The van der Waals surface area contributed by atoms with Gasteiger partial charge < -0.3 is 5.32 Å². The van der Waals surface area contributed by atoms with E-state index in [1.165, 1.54) is 12.1 Å². The average Bonchev–Trinajstić information content (AvgIpc) is 2.27. The Kier molecular flexibility index (Phi) is 2.56. The molecular formula is C12H11FN2O. The highest BCUT2D eigenvalue weighted by Gasteiger charge is 2.09. The molecule has 2 aromatic rings. The Morgan fingerprint density at radius 1 is 1.38 bits per heavy atom. The highest BCUT2D eigenvalue weighted by atomic mass is 19.1. The molecular weight excluding hydrogens is 207 g/mol. The molecule has 0 radical (unpaired) electrons. The van der Waals surface area contributed by atoms with E-state index in [1.807, 2.05) is 0 Å². The molecule has 0 aliphatic rings. The molecule has 3 nitrogen and oxygen atoms in total. The first-order valence-electron chi connectivity index (χ1n) is 4.91. The third-order valence-electron chi connectivity index (χ3n) is 2.44. The van der Waals surface area contributed by atoms with Gasteiger partial charge in [0.1, 0.15) is 5.82 Å². The quantitative estimate of drug-likeness (QED) is 0.795. The van der Waals surface area contributed by atoms with Crippen LogP contribution in [0.3, 0.4) is 0 Å². The fraction of sp³-hybridized carbons (Fsp3) is 0.167. The van der Waals surface area contributed by atoms with E-state index in [1.54, 1.807) is 26.1 Å². The molecule has 1 heterocycles. The number of nitrogens with zero attached hydrogens (tertiary/aromatic N) is 1. The van der Waals surface area contributed by atoms with Crippen molar-refractivity contribution in [2.75, 3.05) is 7.05 Å². The van der Waals surface area contributed by atoms with Gasteiger partial charge in [-0.15, -0.1) is 0 Å². The predicted molar refractivity (Wildman–Crippen MR) is 59.8 cm³/mol. The van der Waals surface area contributed by atoms with E-state index in [0.717, 1.165) is 5.39 Å². The van der Waals surface area contributed by atoms with Crippen LogP contribution in [0.5, 0.6) is 0 Å². The number of nitrogens with one attached hydrogen (secondary N) is 1. The molecule has 1 amide bonds. The van der Waals surface area contributed by atoms with E-state index in [9.17, 15) is 9.18 Å². The third kappa shape index (κ3) is 1.74.